The van der Waals surface area contributed by atoms with Gasteiger partial charge in [-0.25, -0.2) is 4.79 Å². The van der Waals surface area contributed by atoms with E-state index in [9.17, 15) is 4.79 Å². The Hall–Kier alpha value is -3.21. The molecular formula is C17H11N3O2. The number of aromatic nitrogens is 3. The summed E-state index contributed by atoms with van der Waals surface area (Å²) in [6.07, 6.45) is 1.60. The van der Waals surface area contributed by atoms with Crippen molar-refractivity contribution in [1.82, 2.24) is 15.4 Å². The molecule has 4 rings (SSSR count). The average molecular weight is 289 g/mol. The van der Waals surface area contributed by atoms with Crippen LogP contribution < -0.4 is 5.63 Å². The molecule has 0 aliphatic heterocycles. The number of hydrogen-bond donors (Lipinski definition) is 1. The standard InChI is InChI=1S/C17H11N3O2/c21-17-15(11-6-2-1-3-7-11)16(13-10-18-20-19-13)12-8-4-5-9-14(12)22-17/h1-10H,(H,18,19,20). The maximum atomic E-state index is 12.5. The van der Waals surface area contributed by atoms with Gasteiger partial charge >= 0.3 is 5.63 Å². The second-order valence-electron chi connectivity index (χ2n) is 4.86. The molecule has 106 valence electrons. The third kappa shape index (κ3) is 1.91. The van der Waals surface area contributed by atoms with E-state index in [0.29, 0.717) is 16.8 Å². The highest BCUT2D eigenvalue weighted by Crippen LogP contribution is 2.34. The molecule has 0 fully saturated rings. The van der Waals surface area contributed by atoms with Gasteiger partial charge in [0.25, 0.3) is 0 Å². The van der Waals surface area contributed by atoms with Gasteiger partial charge in [0.05, 0.1) is 11.8 Å². The summed E-state index contributed by atoms with van der Waals surface area (Å²) in [6, 6.07) is 16.9. The average Bonchev–Trinajstić information content (AvgIpc) is 3.08. The van der Waals surface area contributed by atoms with Crippen molar-refractivity contribution in [3.05, 3.63) is 71.2 Å². The van der Waals surface area contributed by atoms with E-state index in [-0.39, 0.29) is 5.63 Å². The molecule has 0 unspecified atom stereocenters. The molecule has 4 aromatic rings. The molecule has 0 saturated heterocycles. The summed E-state index contributed by atoms with van der Waals surface area (Å²) in [5, 5.41) is 11.4. The number of fused-ring (bicyclic) bond motifs is 1. The Balaban J connectivity index is 2.18. The van der Waals surface area contributed by atoms with Crippen molar-refractivity contribution in [3.63, 3.8) is 0 Å². The first-order valence-electron chi connectivity index (χ1n) is 6.82. The zero-order valence-corrected chi connectivity index (χ0v) is 11.5. The van der Waals surface area contributed by atoms with Gasteiger partial charge in [-0.15, -0.1) is 0 Å². The molecule has 2 heterocycles. The maximum Gasteiger partial charge on any atom is 0.344 e. The van der Waals surface area contributed by atoms with Crippen molar-refractivity contribution in [1.29, 1.82) is 0 Å². The maximum absolute atomic E-state index is 12.5. The largest absolute Gasteiger partial charge is 0.422 e. The van der Waals surface area contributed by atoms with E-state index >= 15 is 0 Å². The van der Waals surface area contributed by atoms with E-state index in [1.807, 2.05) is 48.5 Å². The zero-order chi connectivity index (χ0) is 14.9. The first-order valence-corrected chi connectivity index (χ1v) is 6.82. The number of rotatable bonds is 2. The first kappa shape index (κ1) is 12.5. The van der Waals surface area contributed by atoms with E-state index < -0.39 is 0 Å². The van der Waals surface area contributed by atoms with E-state index in [0.717, 1.165) is 16.5 Å². The van der Waals surface area contributed by atoms with Crippen LogP contribution in [0.5, 0.6) is 0 Å². The summed E-state index contributed by atoms with van der Waals surface area (Å²) in [5.74, 6) is 0. The van der Waals surface area contributed by atoms with Crippen LogP contribution in [0.15, 0.2) is 70.0 Å². The molecule has 5 nitrogen and oxygen atoms in total. The molecule has 0 amide bonds. The molecule has 5 heteroatoms. The summed E-state index contributed by atoms with van der Waals surface area (Å²) < 4.78 is 5.47. The Kier molecular flexibility index (Phi) is 2.83. The zero-order valence-electron chi connectivity index (χ0n) is 11.5. The monoisotopic (exact) mass is 289 g/mol. The molecule has 0 aliphatic rings. The lowest BCUT2D eigenvalue weighted by atomic mass is 9.96. The lowest BCUT2D eigenvalue weighted by Crippen LogP contribution is -2.06. The third-order valence-electron chi connectivity index (χ3n) is 3.55. The van der Waals surface area contributed by atoms with E-state index in [4.69, 9.17) is 4.42 Å². The SMILES string of the molecule is O=c1oc2ccccc2c(-c2cn[nH]n2)c1-c1ccccc1. The molecule has 22 heavy (non-hydrogen) atoms. The number of nitrogens with zero attached hydrogens (tertiary/aromatic N) is 2. The Bertz CT molecular complexity index is 990. The Labute approximate surface area is 125 Å². The van der Waals surface area contributed by atoms with Crippen LogP contribution in [0.3, 0.4) is 0 Å². The minimum absolute atomic E-state index is 0.386. The molecule has 0 radical (unpaired) electrons. The van der Waals surface area contributed by atoms with Crippen LogP contribution in [0.1, 0.15) is 0 Å². The third-order valence-corrected chi connectivity index (χ3v) is 3.55. The summed E-state index contributed by atoms with van der Waals surface area (Å²) in [5.41, 5.74) is 2.77. The Morgan fingerprint density at radius 1 is 0.909 bits per heavy atom. The molecule has 0 atom stereocenters. The van der Waals surface area contributed by atoms with Crippen LogP contribution in [0, 0.1) is 0 Å². The van der Waals surface area contributed by atoms with Crippen molar-refractivity contribution < 1.29 is 4.42 Å². The molecule has 0 spiro atoms. The van der Waals surface area contributed by atoms with Gasteiger partial charge in [-0.2, -0.15) is 15.4 Å². The van der Waals surface area contributed by atoms with Gasteiger partial charge in [-0.05, 0) is 11.6 Å². The highest BCUT2D eigenvalue weighted by molar-refractivity contribution is 5.99. The molecule has 0 saturated carbocycles. The minimum Gasteiger partial charge on any atom is -0.422 e. The summed E-state index contributed by atoms with van der Waals surface area (Å²) in [7, 11) is 0. The normalized spacial score (nSPS) is 10.9. The van der Waals surface area contributed by atoms with E-state index in [2.05, 4.69) is 15.4 Å². The highest BCUT2D eigenvalue weighted by Gasteiger charge is 2.19. The molecular weight excluding hydrogens is 278 g/mol. The number of nitrogens with one attached hydrogen (secondary N) is 1. The van der Waals surface area contributed by atoms with Crippen molar-refractivity contribution in [2.45, 2.75) is 0 Å². The number of aromatic amines is 1. The fourth-order valence-corrected chi connectivity index (χ4v) is 2.60. The molecule has 0 bridgehead atoms. The fraction of sp³-hybridized carbons (Fsp3) is 0. The lowest BCUT2D eigenvalue weighted by Gasteiger charge is -2.09. The summed E-state index contributed by atoms with van der Waals surface area (Å²) in [6.45, 7) is 0. The lowest BCUT2D eigenvalue weighted by molar-refractivity contribution is 0.564. The van der Waals surface area contributed by atoms with Gasteiger partial charge in [-0.3, -0.25) is 0 Å². The Morgan fingerprint density at radius 3 is 2.45 bits per heavy atom. The van der Waals surface area contributed by atoms with Crippen LogP contribution >= 0.6 is 0 Å². The van der Waals surface area contributed by atoms with E-state index in [1.165, 1.54) is 0 Å². The summed E-state index contributed by atoms with van der Waals surface area (Å²) in [4.78, 5) is 12.5. The minimum atomic E-state index is -0.386. The van der Waals surface area contributed by atoms with Crippen LogP contribution in [0.4, 0.5) is 0 Å². The predicted octanol–water partition coefficient (Wildman–Crippen LogP) is 3.25. The van der Waals surface area contributed by atoms with Gasteiger partial charge in [0, 0.05) is 10.9 Å². The van der Waals surface area contributed by atoms with Gasteiger partial charge in [-0.1, -0.05) is 48.5 Å². The number of para-hydroxylation sites is 1. The molecule has 1 N–H and O–H groups in total. The number of H-pyrrole nitrogens is 1. The quantitative estimate of drug-likeness (QED) is 0.575. The van der Waals surface area contributed by atoms with Crippen molar-refractivity contribution >= 4 is 11.0 Å². The fourth-order valence-electron chi connectivity index (χ4n) is 2.60. The van der Waals surface area contributed by atoms with Gasteiger partial charge < -0.3 is 4.42 Å². The predicted molar refractivity (Wildman–Crippen MR) is 83.3 cm³/mol. The summed E-state index contributed by atoms with van der Waals surface area (Å²) >= 11 is 0. The van der Waals surface area contributed by atoms with Crippen molar-refractivity contribution in [2.24, 2.45) is 0 Å². The first-order chi connectivity index (χ1) is 10.8. The van der Waals surface area contributed by atoms with Crippen LogP contribution in [0.2, 0.25) is 0 Å². The smallest absolute Gasteiger partial charge is 0.344 e. The second kappa shape index (κ2) is 4.96. The van der Waals surface area contributed by atoms with E-state index in [1.54, 1.807) is 12.3 Å². The molecule has 0 aliphatic carbocycles. The Morgan fingerprint density at radius 2 is 1.68 bits per heavy atom. The van der Waals surface area contributed by atoms with Crippen molar-refractivity contribution in [2.75, 3.05) is 0 Å². The van der Waals surface area contributed by atoms with Crippen LogP contribution in [-0.4, -0.2) is 15.4 Å². The van der Waals surface area contributed by atoms with Gasteiger partial charge in [0.2, 0.25) is 0 Å². The number of hydrogen-bond acceptors (Lipinski definition) is 4. The topological polar surface area (TPSA) is 71.8 Å². The highest BCUT2D eigenvalue weighted by atomic mass is 16.4. The number of benzene rings is 2. The van der Waals surface area contributed by atoms with Crippen molar-refractivity contribution in [3.8, 4) is 22.4 Å². The molecule has 2 aromatic carbocycles. The molecule has 2 aromatic heterocycles. The van der Waals surface area contributed by atoms with Gasteiger partial charge in [0.1, 0.15) is 11.3 Å². The second-order valence-corrected chi connectivity index (χ2v) is 4.86. The van der Waals surface area contributed by atoms with Gasteiger partial charge in [0.15, 0.2) is 0 Å². The van der Waals surface area contributed by atoms with Crippen LogP contribution in [0.25, 0.3) is 33.4 Å². The van der Waals surface area contributed by atoms with Crippen LogP contribution in [-0.2, 0) is 0 Å².